The van der Waals surface area contributed by atoms with Crippen molar-refractivity contribution in [1.82, 2.24) is 4.57 Å². The van der Waals surface area contributed by atoms with Crippen LogP contribution in [0.5, 0.6) is 0 Å². The van der Waals surface area contributed by atoms with Crippen LogP contribution in [0.2, 0.25) is 0 Å². The Morgan fingerprint density at radius 1 is 1.36 bits per heavy atom. The molecule has 0 aliphatic carbocycles. The minimum atomic E-state index is 0.185. The second-order valence-electron chi connectivity index (χ2n) is 4.17. The molecule has 1 aromatic heterocycles. The van der Waals surface area contributed by atoms with Gasteiger partial charge in [0, 0.05) is 16.6 Å². The number of benzene rings is 1. The first-order valence-corrected chi connectivity index (χ1v) is 5.12. The van der Waals surface area contributed by atoms with Crippen LogP contribution in [0, 0.1) is 6.92 Å². The monoisotopic (exact) mass is 186 g/mol. The number of aromatic nitrogens is 1. The summed E-state index contributed by atoms with van der Waals surface area (Å²) in [5, 5.41) is 1.33. The molecule has 2 heterocycles. The van der Waals surface area contributed by atoms with Crippen molar-refractivity contribution in [3.8, 4) is 0 Å². The molecular formula is C12H14N2. The molecule has 2 nitrogen and oxygen atoms in total. The molecule has 1 aliphatic rings. The highest BCUT2D eigenvalue weighted by Gasteiger charge is 2.20. The molecular weight excluding hydrogens is 172 g/mol. The summed E-state index contributed by atoms with van der Waals surface area (Å²) < 4.78 is 2.27. The van der Waals surface area contributed by atoms with Crippen molar-refractivity contribution in [1.29, 1.82) is 0 Å². The lowest BCUT2D eigenvalue weighted by Gasteiger charge is -2.08. The third-order valence-electron chi connectivity index (χ3n) is 3.10. The summed E-state index contributed by atoms with van der Waals surface area (Å²) >= 11 is 0. The van der Waals surface area contributed by atoms with Gasteiger partial charge in [0.1, 0.15) is 0 Å². The zero-order chi connectivity index (χ0) is 9.71. The van der Waals surface area contributed by atoms with E-state index in [1.807, 2.05) is 0 Å². The van der Waals surface area contributed by atoms with Gasteiger partial charge in [-0.2, -0.15) is 0 Å². The molecule has 0 bridgehead atoms. The zero-order valence-electron chi connectivity index (χ0n) is 8.33. The highest BCUT2D eigenvalue weighted by atomic mass is 15.1. The predicted molar refractivity (Wildman–Crippen MR) is 58.2 cm³/mol. The fraction of sp³-hybridized carbons (Fsp3) is 0.333. The van der Waals surface area contributed by atoms with Gasteiger partial charge in [0.25, 0.3) is 0 Å². The summed E-state index contributed by atoms with van der Waals surface area (Å²) in [6.45, 7) is 2.13. The van der Waals surface area contributed by atoms with E-state index in [0.29, 0.717) is 0 Å². The third kappa shape index (κ3) is 0.946. The van der Waals surface area contributed by atoms with Gasteiger partial charge in [-0.1, -0.05) is 11.6 Å². The first-order valence-electron chi connectivity index (χ1n) is 5.12. The van der Waals surface area contributed by atoms with E-state index in [2.05, 4.69) is 35.8 Å². The van der Waals surface area contributed by atoms with Crippen LogP contribution < -0.4 is 5.73 Å². The summed E-state index contributed by atoms with van der Waals surface area (Å²) in [6.07, 6.45) is 2.39. The van der Waals surface area contributed by atoms with Crippen molar-refractivity contribution >= 4 is 10.9 Å². The molecule has 0 fully saturated rings. The Kier molecular flexibility index (Phi) is 1.50. The smallest absolute Gasteiger partial charge is 0.0821 e. The molecule has 2 aromatic rings. The Hall–Kier alpha value is -1.28. The van der Waals surface area contributed by atoms with E-state index in [-0.39, 0.29) is 6.17 Å². The molecule has 0 spiro atoms. The Bertz CT molecular complexity index is 496. The molecule has 2 heteroatoms. The lowest BCUT2D eigenvalue weighted by Crippen LogP contribution is -2.13. The number of hydrogen-bond acceptors (Lipinski definition) is 1. The largest absolute Gasteiger partial charge is 0.329 e. The van der Waals surface area contributed by atoms with Gasteiger partial charge in [-0.15, -0.1) is 0 Å². The molecule has 3 rings (SSSR count). The molecule has 1 aliphatic heterocycles. The topological polar surface area (TPSA) is 30.9 Å². The average molecular weight is 186 g/mol. The van der Waals surface area contributed by atoms with Crippen molar-refractivity contribution in [2.75, 3.05) is 0 Å². The van der Waals surface area contributed by atoms with Crippen LogP contribution >= 0.6 is 0 Å². The van der Waals surface area contributed by atoms with E-state index in [4.69, 9.17) is 5.73 Å². The number of rotatable bonds is 0. The van der Waals surface area contributed by atoms with Gasteiger partial charge in [-0.25, -0.2) is 0 Å². The fourth-order valence-electron chi connectivity index (χ4n) is 2.42. The van der Waals surface area contributed by atoms with E-state index in [1.54, 1.807) is 0 Å². The fourth-order valence-corrected chi connectivity index (χ4v) is 2.42. The van der Waals surface area contributed by atoms with E-state index in [1.165, 1.54) is 22.2 Å². The SMILES string of the molecule is Cc1ccc2c(c1)cc1n2C(N)CC1. The number of aryl methyl sites for hydroxylation is 2. The highest BCUT2D eigenvalue weighted by molar-refractivity contribution is 5.82. The van der Waals surface area contributed by atoms with E-state index >= 15 is 0 Å². The molecule has 0 saturated heterocycles. The number of nitrogens with two attached hydrogens (primary N) is 1. The number of fused-ring (bicyclic) bond motifs is 3. The van der Waals surface area contributed by atoms with Crippen molar-refractivity contribution in [2.24, 2.45) is 5.73 Å². The Morgan fingerprint density at radius 3 is 3.07 bits per heavy atom. The molecule has 2 N–H and O–H groups in total. The number of hydrogen-bond donors (Lipinski definition) is 1. The number of nitrogens with zero attached hydrogens (tertiary/aromatic N) is 1. The van der Waals surface area contributed by atoms with E-state index < -0.39 is 0 Å². The average Bonchev–Trinajstić information content (AvgIpc) is 2.66. The van der Waals surface area contributed by atoms with Crippen LogP contribution in [0.25, 0.3) is 10.9 Å². The van der Waals surface area contributed by atoms with Gasteiger partial charge in [-0.05, 0) is 38.0 Å². The van der Waals surface area contributed by atoms with Gasteiger partial charge < -0.3 is 10.3 Å². The maximum Gasteiger partial charge on any atom is 0.0821 e. The van der Waals surface area contributed by atoms with Crippen molar-refractivity contribution in [3.63, 3.8) is 0 Å². The molecule has 14 heavy (non-hydrogen) atoms. The molecule has 0 amide bonds. The first kappa shape index (κ1) is 8.06. The Morgan fingerprint density at radius 2 is 2.21 bits per heavy atom. The summed E-state index contributed by atoms with van der Waals surface area (Å²) in [7, 11) is 0. The summed E-state index contributed by atoms with van der Waals surface area (Å²) in [4.78, 5) is 0. The van der Waals surface area contributed by atoms with Gasteiger partial charge in [0.2, 0.25) is 0 Å². The van der Waals surface area contributed by atoms with Crippen molar-refractivity contribution < 1.29 is 0 Å². The second-order valence-corrected chi connectivity index (χ2v) is 4.17. The molecule has 1 aromatic carbocycles. The lowest BCUT2D eigenvalue weighted by molar-refractivity contribution is 0.567. The quantitative estimate of drug-likeness (QED) is 0.672. The molecule has 1 atom stereocenters. The Labute approximate surface area is 83.3 Å². The molecule has 0 saturated carbocycles. The van der Waals surface area contributed by atoms with Gasteiger partial charge in [-0.3, -0.25) is 0 Å². The molecule has 1 unspecified atom stereocenters. The van der Waals surface area contributed by atoms with Crippen LogP contribution in [-0.2, 0) is 6.42 Å². The van der Waals surface area contributed by atoms with Crippen molar-refractivity contribution in [2.45, 2.75) is 25.9 Å². The van der Waals surface area contributed by atoms with E-state index in [9.17, 15) is 0 Å². The minimum absolute atomic E-state index is 0.185. The highest BCUT2D eigenvalue weighted by Crippen LogP contribution is 2.30. The van der Waals surface area contributed by atoms with Gasteiger partial charge in [0.05, 0.1) is 6.17 Å². The molecule has 0 radical (unpaired) electrons. The van der Waals surface area contributed by atoms with Crippen LogP contribution in [-0.4, -0.2) is 4.57 Å². The Balaban J connectivity index is 2.36. The van der Waals surface area contributed by atoms with Crippen LogP contribution in [0.15, 0.2) is 24.3 Å². The first-order chi connectivity index (χ1) is 6.75. The second kappa shape index (κ2) is 2.61. The minimum Gasteiger partial charge on any atom is -0.329 e. The summed E-state index contributed by atoms with van der Waals surface area (Å²) in [5.41, 5.74) is 10.0. The lowest BCUT2D eigenvalue weighted by atomic mass is 10.1. The van der Waals surface area contributed by atoms with Crippen LogP contribution in [0.1, 0.15) is 23.8 Å². The van der Waals surface area contributed by atoms with Crippen LogP contribution in [0.3, 0.4) is 0 Å². The maximum atomic E-state index is 6.06. The summed E-state index contributed by atoms with van der Waals surface area (Å²) in [6, 6.07) is 8.84. The van der Waals surface area contributed by atoms with Gasteiger partial charge >= 0.3 is 0 Å². The van der Waals surface area contributed by atoms with E-state index in [0.717, 1.165) is 12.8 Å². The maximum absolute atomic E-state index is 6.06. The summed E-state index contributed by atoms with van der Waals surface area (Å²) in [5.74, 6) is 0. The normalized spacial score (nSPS) is 20.3. The van der Waals surface area contributed by atoms with Crippen molar-refractivity contribution in [3.05, 3.63) is 35.5 Å². The third-order valence-corrected chi connectivity index (χ3v) is 3.10. The van der Waals surface area contributed by atoms with Gasteiger partial charge in [0.15, 0.2) is 0 Å². The standard InChI is InChI=1S/C12H14N2/c1-8-2-4-11-9(6-8)7-10-3-5-12(13)14(10)11/h2,4,6-7,12H,3,5,13H2,1H3. The zero-order valence-corrected chi connectivity index (χ0v) is 8.33. The van der Waals surface area contributed by atoms with Crippen LogP contribution in [0.4, 0.5) is 0 Å². The molecule has 72 valence electrons. The predicted octanol–water partition coefficient (Wildman–Crippen LogP) is 2.35.